The molecule has 5 nitrogen and oxygen atoms in total. The maximum atomic E-state index is 13.6. The predicted octanol–water partition coefficient (Wildman–Crippen LogP) is 3.51. The maximum absolute atomic E-state index is 13.6. The van der Waals surface area contributed by atoms with Crippen LogP contribution in [0.1, 0.15) is 39.5 Å². The van der Waals surface area contributed by atoms with Crippen LogP contribution >= 0.6 is 0 Å². The summed E-state index contributed by atoms with van der Waals surface area (Å²) < 4.78 is 38.6. The molecule has 0 fully saturated rings. The van der Waals surface area contributed by atoms with E-state index in [1.807, 2.05) is 0 Å². The van der Waals surface area contributed by atoms with Crippen LogP contribution < -0.4 is 5.32 Å². The average molecular weight is 391 g/mol. The lowest BCUT2D eigenvalue weighted by Crippen LogP contribution is -2.25. The summed E-state index contributed by atoms with van der Waals surface area (Å²) >= 11 is 0. The molecule has 0 heterocycles. The number of hydrogen-bond acceptors (Lipinski definition) is 4. The number of amides is 1. The molecule has 0 aromatic heterocycles. The second-order valence-corrected chi connectivity index (χ2v) is 8.67. The summed E-state index contributed by atoms with van der Waals surface area (Å²) in [5.74, 6) is -2.73. The first-order valence-corrected chi connectivity index (χ1v) is 10.2. The Hall–Kier alpha value is -2.54. The Morgan fingerprint density at radius 3 is 2.30 bits per heavy atom. The van der Waals surface area contributed by atoms with Crippen LogP contribution in [0.5, 0.6) is 0 Å². The van der Waals surface area contributed by atoms with E-state index >= 15 is 0 Å². The monoisotopic (exact) mass is 391 g/mol. The second kappa shape index (κ2) is 8.00. The average Bonchev–Trinajstić information content (AvgIpc) is 2.52. The first-order chi connectivity index (χ1) is 12.5. The zero-order chi connectivity index (χ0) is 20.4. The van der Waals surface area contributed by atoms with Crippen LogP contribution in [0.3, 0.4) is 0 Å². The summed E-state index contributed by atoms with van der Waals surface area (Å²) in [6, 6.07) is 7.31. The van der Waals surface area contributed by atoms with Gasteiger partial charge in [0.25, 0.3) is 0 Å². The van der Waals surface area contributed by atoms with Gasteiger partial charge in [0.2, 0.25) is 5.91 Å². The van der Waals surface area contributed by atoms with Crippen molar-refractivity contribution in [3.8, 4) is 0 Å². The molecule has 0 aliphatic carbocycles. The van der Waals surface area contributed by atoms with Crippen LogP contribution in [0.15, 0.2) is 30.3 Å². The molecule has 0 saturated heterocycles. The molecule has 0 atom stereocenters. The number of carbonyl (C=O) groups is 2. The fourth-order valence-corrected chi connectivity index (χ4v) is 4.67. The topological polar surface area (TPSA) is 80.3 Å². The quantitative estimate of drug-likeness (QED) is 0.764. The highest BCUT2D eigenvalue weighted by molar-refractivity contribution is 7.91. The molecule has 7 heteroatoms. The second-order valence-electron chi connectivity index (χ2n) is 6.61. The number of nitrogens with one attached hydrogen (secondary N) is 1. The summed E-state index contributed by atoms with van der Waals surface area (Å²) in [5, 5.41) is 2.27. The molecule has 0 aliphatic rings. The van der Waals surface area contributed by atoms with E-state index in [0.717, 1.165) is 11.1 Å². The van der Waals surface area contributed by atoms with Gasteiger partial charge in [0.05, 0.1) is 11.4 Å². The van der Waals surface area contributed by atoms with Gasteiger partial charge < -0.3 is 5.32 Å². The molecule has 1 N–H and O–H groups in total. The molecule has 0 saturated carbocycles. The fraction of sp³-hybridized carbons (Fsp3) is 0.300. The van der Waals surface area contributed by atoms with Gasteiger partial charge in [-0.25, -0.2) is 12.8 Å². The number of hydrogen-bond donors (Lipinski definition) is 1. The Kier molecular flexibility index (Phi) is 6.15. The molecule has 0 radical (unpaired) electrons. The number of para-hydroxylation sites is 1. The molecular weight excluding hydrogens is 369 g/mol. The van der Waals surface area contributed by atoms with Crippen LogP contribution in [0.2, 0.25) is 0 Å². The molecule has 27 heavy (non-hydrogen) atoms. The summed E-state index contributed by atoms with van der Waals surface area (Å²) in [7, 11) is -3.81. The van der Waals surface area contributed by atoms with Gasteiger partial charge in [-0.1, -0.05) is 18.2 Å². The van der Waals surface area contributed by atoms with Crippen LogP contribution in [-0.2, 0) is 20.4 Å². The van der Waals surface area contributed by atoms with Gasteiger partial charge in [-0.15, -0.1) is 0 Å². The highest BCUT2D eigenvalue weighted by Gasteiger charge is 2.22. The molecule has 0 unspecified atom stereocenters. The van der Waals surface area contributed by atoms with Crippen molar-refractivity contribution < 1.29 is 22.4 Å². The summed E-state index contributed by atoms with van der Waals surface area (Å²) in [4.78, 5) is 23.9. The van der Waals surface area contributed by atoms with Gasteiger partial charge in [-0.05, 0) is 62.1 Å². The highest BCUT2D eigenvalue weighted by atomic mass is 32.2. The highest BCUT2D eigenvalue weighted by Crippen LogP contribution is 2.25. The number of Topliss-reactive ketones (excluding diaryl/α,β-unsaturated/α-hetero) is 1. The van der Waals surface area contributed by atoms with E-state index in [1.165, 1.54) is 31.2 Å². The normalized spacial score (nSPS) is 11.3. The summed E-state index contributed by atoms with van der Waals surface area (Å²) in [6.45, 7) is 6.72. The van der Waals surface area contributed by atoms with Crippen LogP contribution in [-0.4, -0.2) is 25.9 Å². The summed E-state index contributed by atoms with van der Waals surface area (Å²) in [6.07, 6.45) is 0. The van der Waals surface area contributed by atoms with Gasteiger partial charge in [0, 0.05) is 5.56 Å². The number of sulfone groups is 1. The lowest BCUT2D eigenvalue weighted by atomic mass is 9.92. The zero-order valence-electron chi connectivity index (χ0n) is 15.7. The molecule has 2 rings (SSSR count). The largest absolute Gasteiger partial charge is 0.323 e. The zero-order valence-corrected chi connectivity index (χ0v) is 16.5. The van der Waals surface area contributed by atoms with Crippen LogP contribution in [0.25, 0.3) is 0 Å². The molecule has 2 aromatic rings. The molecule has 2 aromatic carbocycles. The SMILES string of the molecule is CC(=O)c1c(C)cc(C)c(CS(=O)(=O)CC(=O)Nc2ccccc2F)c1C. The Morgan fingerprint density at radius 2 is 1.70 bits per heavy atom. The van der Waals surface area contributed by atoms with Crippen molar-refractivity contribution in [3.05, 3.63) is 64.0 Å². The van der Waals surface area contributed by atoms with E-state index in [0.29, 0.717) is 16.7 Å². The predicted molar refractivity (Wildman–Crippen MR) is 103 cm³/mol. The van der Waals surface area contributed by atoms with Crippen LogP contribution in [0.4, 0.5) is 10.1 Å². The van der Waals surface area contributed by atoms with E-state index in [1.54, 1.807) is 26.8 Å². The Morgan fingerprint density at radius 1 is 1.07 bits per heavy atom. The molecular formula is C20H22FNO4S. The number of rotatable bonds is 6. The minimum absolute atomic E-state index is 0.0701. The van der Waals surface area contributed by atoms with Crippen molar-refractivity contribution in [1.82, 2.24) is 0 Å². The lowest BCUT2D eigenvalue weighted by Gasteiger charge is -2.16. The first-order valence-electron chi connectivity index (χ1n) is 8.37. The van der Waals surface area contributed by atoms with Gasteiger partial charge in [0.15, 0.2) is 15.6 Å². The smallest absolute Gasteiger partial charge is 0.239 e. The van der Waals surface area contributed by atoms with Crippen LogP contribution in [0, 0.1) is 26.6 Å². The number of benzene rings is 2. The van der Waals surface area contributed by atoms with Crippen molar-refractivity contribution in [2.45, 2.75) is 33.4 Å². The minimum Gasteiger partial charge on any atom is -0.323 e. The van der Waals surface area contributed by atoms with Gasteiger partial charge >= 0.3 is 0 Å². The van der Waals surface area contributed by atoms with E-state index in [2.05, 4.69) is 5.32 Å². The fourth-order valence-electron chi connectivity index (χ4n) is 3.21. The van der Waals surface area contributed by atoms with Gasteiger partial charge in [-0.3, -0.25) is 9.59 Å². The number of halogens is 1. The van der Waals surface area contributed by atoms with E-state index in [4.69, 9.17) is 0 Å². The maximum Gasteiger partial charge on any atom is 0.239 e. The molecule has 0 spiro atoms. The van der Waals surface area contributed by atoms with Crippen molar-refractivity contribution in [2.75, 3.05) is 11.1 Å². The van der Waals surface area contributed by atoms with Gasteiger partial charge in [0.1, 0.15) is 11.6 Å². The van der Waals surface area contributed by atoms with Crippen molar-refractivity contribution in [1.29, 1.82) is 0 Å². The first kappa shape index (κ1) is 20.8. The third kappa shape index (κ3) is 5.01. The molecule has 0 aliphatic heterocycles. The third-order valence-corrected chi connectivity index (χ3v) is 5.78. The van der Waals surface area contributed by atoms with Gasteiger partial charge in [-0.2, -0.15) is 0 Å². The van der Waals surface area contributed by atoms with Crippen molar-refractivity contribution in [3.63, 3.8) is 0 Å². The van der Waals surface area contributed by atoms with E-state index in [-0.39, 0.29) is 17.2 Å². The number of ketones is 1. The number of anilines is 1. The van der Waals surface area contributed by atoms with E-state index < -0.39 is 27.3 Å². The minimum atomic E-state index is -3.81. The van der Waals surface area contributed by atoms with Crippen molar-refractivity contribution in [2.24, 2.45) is 0 Å². The standard InChI is InChI=1S/C20H22FNO4S/c1-12-9-13(2)20(15(4)23)14(3)16(12)10-27(25,26)11-19(24)22-18-8-6-5-7-17(18)21/h5-9H,10-11H2,1-4H3,(H,22,24). The lowest BCUT2D eigenvalue weighted by molar-refractivity contribution is -0.113. The molecule has 144 valence electrons. The Labute approximate surface area is 158 Å². The Balaban J connectivity index is 2.24. The third-order valence-electron chi connectivity index (χ3n) is 4.35. The van der Waals surface area contributed by atoms with Crippen molar-refractivity contribution >= 4 is 27.2 Å². The molecule has 0 bridgehead atoms. The van der Waals surface area contributed by atoms with E-state index in [9.17, 15) is 22.4 Å². The number of aryl methyl sites for hydroxylation is 2. The Bertz CT molecular complexity index is 1010. The number of carbonyl (C=O) groups excluding carboxylic acids is 2. The summed E-state index contributed by atoms with van der Waals surface area (Å²) in [5.41, 5.74) is 3.09. The molecule has 1 amide bonds.